The molecule has 0 N–H and O–H groups in total. The Morgan fingerprint density at radius 1 is 1.50 bits per heavy atom. The summed E-state index contributed by atoms with van der Waals surface area (Å²) in [5.74, 6) is 0.208. The molecule has 0 aromatic carbocycles. The fourth-order valence-corrected chi connectivity index (χ4v) is 1.38. The van der Waals surface area contributed by atoms with Crippen LogP contribution in [0.4, 0.5) is 0 Å². The van der Waals surface area contributed by atoms with Gasteiger partial charge in [-0.15, -0.1) is 6.58 Å². The monoisotopic (exact) mass is 247 g/mol. The topological polar surface area (TPSA) is 63.7 Å². The van der Waals surface area contributed by atoms with E-state index in [4.69, 9.17) is 0 Å². The van der Waals surface area contributed by atoms with Crippen molar-refractivity contribution >= 4 is 16.0 Å². The average molecular weight is 247 g/mol. The standard InChI is InChI=1S/C6H9NO.C4H8O3S/c1-2-7-5-3-4-6(7)8;1-3-4-7-8(2,5)6/h2H,1,3-5H2;3H,1,4H2,2H3. The van der Waals surface area contributed by atoms with E-state index in [1.807, 2.05) is 0 Å². The van der Waals surface area contributed by atoms with Gasteiger partial charge in [-0.1, -0.05) is 12.7 Å². The van der Waals surface area contributed by atoms with Crippen molar-refractivity contribution in [2.75, 3.05) is 19.4 Å². The molecule has 1 aliphatic rings. The van der Waals surface area contributed by atoms with Gasteiger partial charge >= 0.3 is 0 Å². The zero-order valence-corrected chi connectivity index (χ0v) is 10.2. The lowest BCUT2D eigenvalue weighted by Crippen LogP contribution is -2.16. The van der Waals surface area contributed by atoms with E-state index in [1.165, 1.54) is 6.08 Å². The number of amides is 1. The maximum atomic E-state index is 10.7. The molecule has 1 amide bonds. The Morgan fingerprint density at radius 2 is 2.12 bits per heavy atom. The molecule has 1 rings (SSSR count). The first-order valence-corrected chi connectivity index (χ1v) is 6.59. The molecule has 5 nitrogen and oxygen atoms in total. The molecule has 1 fully saturated rings. The van der Waals surface area contributed by atoms with Crippen LogP contribution < -0.4 is 0 Å². The smallest absolute Gasteiger partial charge is 0.264 e. The summed E-state index contributed by atoms with van der Waals surface area (Å²) in [7, 11) is -3.26. The first kappa shape index (κ1) is 14.9. The van der Waals surface area contributed by atoms with Crippen LogP contribution in [-0.2, 0) is 19.1 Å². The van der Waals surface area contributed by atoms with Gasteiger partial charge in [0.15, 0.2) is 0 Å². The van der Waals surface area contributed by atoms with E-state index in [0.29, 0.717) is 6.42 Å². The molecule has 0 aromatic heterocycles. The van der Waals surface area contributed by atoms with Crippen molar-refractivity contribution in [2.45, 2.75) is 12.8 Å². The number of carbonyl (C=O) groups is 1. The number of hydrogen-bond donors (Lipinski definition) is 0. The van der Waals surface area contributed by atoms with Crippen molar-refractivity contribution in [3.63, 3.8) is 0 Å². The normalized spacial score (nSPS) is 15.3. The molecule has 16 heavy (non-hydrogen) atoms. The molecule has 92 valence electrons. The Bertz CT molecular complexity index is 348. The Balaban J connectivity index is 0.000000281. The Labute approximate surface area is 96.5 Å². The van der Waals surface area contributed by atoms with Gasteiger partial charge in [0.1, 0.15) is 0 Å². The van der Waals surface area contributed by atoms with Crippen LogP contribution in [0.2, 0.25) is 0 Å². The van der Waals surface area contributed by atoms with E-state index in [9.17, 15) is 13.2 Å². The molecular formula is C10H17NO4S. The fraction of sp³-hybridized carbons (Fsp3) is 0.500. The van der Waals surface area contributed by atoms with Crippen LogP contribution in [-0.4, -0.2) is 38.6 Å². The van der Waals surface area contributed by atoms with Crippen molar-refractivity contribution in [1.82, 2.24) is 4.90 Å². The molecule has 0 aliphatic carbocycles. The molecule has 0 bridgehead atoms. The highest BCUT2D eigenvalue weighted by atomic mass is 32.2. The average Bonchev–Trinajstić information content (AvgIpc) is 2.60. The van der Waals surface area contributed by atoms with E-state index >= 15 is 0 Å². The van der Waals surface area contributed by atoms with E-state index in [1.54, 1.807) is 11.1 Å². The minimum absolute atomic E-state index is 0.0544. The van der Waals surface area contributed by atoms with Crippen molar-refractivity contribution in [3.05, 3.63) is 25.4 Å². The van der Waals surface area contributed by atoms with Gasteiger partial charge < -0.3 is 4.90 Å². The lowest BCUT2D eigenvalue weighted by atomic mass is 10.4. The van der Waals surface area contributed by atoms with Gasteiger partial charge in [0, 0.05) is 13.0 Å². The predicted octanol–water partition coefficient (Wildman–Crippen LogP) is 0.901. The number of hydrogen-bond acceptors (Lipinski definition) is 4. The molecule has 0 spiro atoms. The first-order valence-electron chi connectivity index (χ1n) is 4.78. The van der Waals surface area contributed by atoms with E-state index in [2.05, 4.69) is 17.3 Å². The summed E-state index contributed by atoms with van der Waals surface area (Å²) in [6.07, 6.45) is 5.66. The zero-order valence-electron chi connectivity index (χ0n) is 9.39. The van der Waals surface area contributed by atoms with Gasteiger partial charge in [-0.25, -0.2) is 0 Å². The lowest BCUT2D eigenvalue weighted by molar-refractivity contribution is -0.125. The summed E-state index contributed by atoms with van der Waals surface area (Å²) >= 11 is 0. The SMILES string of the molecule is C=CCOS(C)(=O)=O.C=CN1CCCC1=O. The minimum Gasteiger partial charge on any atom is -0.320 e. The molecule has 0 aromatic rings. The fourth-order valence-electron chi connectivity index (χ4n) is 1.03. The van der Waals surface area contributed by atoms with Gasteiger partial charge in [-0.05, 0) is 12.6 Å². The largest absolute Gasteiger partial charge is 0.320 e. The van der Waals surface area contributed by atoms with E-state index < -0.39 is 10.1 Å². The molecule has 0 radical (unpaired) electrons. The number of nitrogens with zero attached hydrogens (tertiary/aromatic N) is 1. The van der Waals surface area contributed by atoms with Crippen LogP contribution in [0.5, 0.6) is 0 Å². The third-order valence-corrected chi connectivity index (χ3v) is 2.29. The van der Waals surface area contributed by atoms with Crippen LogP contribution in [0.15, 0.2) is 25.4 Å². The van der Waals surface area contributed by atoms with Gasteiger partial charge in [0.05, 0.1) is 12.9 Å². The number of likely N-dealkylation sites (tertiary alicyclic amines) is 1. The molecule has 0 unspecified atom stereocenters. The molecule has 1 aliphatic heterocycles. The Kier molecular flexibility index (Phi) is 6.67. The summed E-state index contributed by atoms with van der Waals surface area (Å²) < 4.78 is 24.5. The highest BCUT2D eigenvalue weighted by molar-refractivity contribution is 7.85. The van der Waals surface area contributed by atoms with Crippen LogP contribution in [0, 0.1) is 0 Å². The van der Waals surface area contributed by atoms with Crippen LogP contribution in [0.1, 0.15) is 12.8 Å². The van der Waals surface area contributed by atoms with Crippen molar-refractivity contribution < 1.29 is 17.4 Å². The summed E-state index contributed by atoms with van der Waals surface area (Å²) in [5.41, 5.74) is 0. The second kappa shape index (κ2) is 7.19. The molecule has 6 heteroatoms. The molecule has 1 saturated heterocycles. The number of carbonyl (C=O) groups excluding carboxylic acids is 1. The van der Waals surface area contributed by atoms with E-state index in [0.717, 1.165) is 19.2 Å². The predicted molar refractivity (Wildman–Crippen MR) is 62.1 cm³/mol. The summed E-state index contributed by atoms with van der Waals surface area (Å²) in [5, 5.41) is 0. The highest BCUT2D eigenvalue weighted by Crippen LogP contribution is 2.08. The van der Waals surface area contributed by atoms with Gasteiger partial charge in [0.25, 0.3) is 10.1 Å². The summed E-state index contributed by atoms with van der Waals surface area (Å²) in [6, 6.07) is 0. The first-order chi connectivity index (χ1) is 7.40. The van der Waals surface area contributed by atoms with Crippen LogP contribution in [0.3, 0.4) is 0 Å². The highest BCUT2D eigenvalue weighted by Gasteiger charge is 2.15. The zero-order chi connectivity index (χ0) is 12.6. The maximum absolute atomic E-state index is 10.7. The third-order valence-electron chi connectivity index (χ3n) is 1.73. The molecular weight excluding hydrogens is 230 g/mol. The molecule has 1 heterocycles. The molecule has 0 atom stereocenters. The summed E-state index contributed by atoms with van der Waals surface area (Å²) in [4.78, 5) is 12.3. The number of rotatable bonds is 4. The second-order valence-electron chi connectivity index (χ2n) is 3.15. The van der Waals surface area contributed by atoms with Crippen LogP contribution >= 0.6 is 0 Å². The van der Waals surface area contributed by atoms with Gasteiger partial charge in [-0.2, -0.15) is 8.42 Å². The lowest BCUT2D eigenvalue weighted by Gasteiger charge is -2.05. The van der Waals surface area contributed by atoms with Crippen LogP contribution in [0.25, 0.3) is 0 Å². The van der Waals surface area contributed by atoms with Gasteiger partial charge in [-0.3, -0.25) is 8.98 Å². The quantitative estimate of drug-likeness (QED) is 0.547. The Hall–Kier alpha value is -1.14. The van der Waals surface area contributed by atoms with Gasteiger partial charge in [0.2, 0.25) is 5.91 Å². The maximum Gasteiger partial charge on any atom is 0.264 e. The Morgan fingerprint density at radius 3 is 2.31 bits per heavy atom. The van der Waals surface area contributed by atoms with Crippen molar-refractivity contribution in [2.24, 2.45) is 0 Å². The summed E-state index contributed by atoms with van der Waals surface area (Å²) in [6.45, 7) is 7.69. The van der Waals surface area contributed by atoms with E-state index in [-0.39, 0.29) is 12.5 Å². The van der Waals surface area contributed by atoms with Crippen molar-refractivity contribution in [1.29, 1.82) is 0 Å². The molecule has 0 saturated carbocycles. The van der Waals surface area contributed by atoms with Crippen molar-refractivity contribution in [3.8, 4) is 0 Å². The second-order valence-corrected chi connectivity index (χ2v) is 4.79. The minimum atomic E-state index is -3.26. The third kappa shape index (κ3) is 7.19.